The fourth-order valence-corrected chi connectivity index (χ4v) is 4.76. The highest BCUT2D eigenvalue weighted by molar-refractivity contribution is 6.06. The SMILES string of the molecule is CCOCCCNC(=O)N1c2ccccc2NC2=C(C(=O)CC(C)(C)C2)C1c1ccccc1. The van der Waals surface area contributed by atoms with Gasteiger partial charge in [0.15, 0.2) is 5.78 Å². The molecule has 0 radical (unpaired) electrons. The van der Waals surface area contributed by atoms with Crippen molar-refractivity contribution in [2.75, 3.05) is 30.0 Å². The number of hydrogen-bond donors (Lipinski definition) is 2. The predicted octanol–water partition coefficient (Wildman–Crippen LogP) is 5.44. The number of allylic oxidation sites excluding steroid dienone is 1. The average molecular weight is 448 g/mol. The number of para-hydroxylation sites is 2. The Kier molecular flexibility index (Phi) is 6.84. The van der Waals surface area contributed by atoms with E-state index in [9.17, 15) is 9.59 Å². The molecule has 2 aromatic carbocycles. The predicted molar refractivity (Wildman–Crippen MR) is 131 cm³/mol. The summed E-state index contributed by atoms with van der Waals surface area (Å²) in [4.78, 5) is 29.0. The summed E-state index contributed by atoms with van der Waals surface area (Å²) in [5.74, 6) is 0.0876. The molecule has 2 aromatic rings. The maximum absolute atomic E-state index is 13.7. The van der Waals surface area contributed by atoms with E-state index in [0.717, 1.165) is 35.5 Å². The van der Waals surface area contributed by atoms with Crippen LogP contribution in [0.2, 0.25) is 0 Å². The second-order valence-corrected chi connectivity index (χ2v) is 9.44. The van der Waals surface area contributed by atoms with Gasteiger partial charge in [-0.25, -0.2) is 4.79 Å². The number of urea groups is 1. The number of nitrogens with one attached hydrogen (secondary N) is 2. The van der Waals surface area contributed by atoms with Crippen molar-refractivity contribution in [2.24, 2.45) is 5.41 Å². The summed E-state index contributed by atoms with van der Waals surface area (Å²) < 4.78 is 5.40. The first-order valence-corrected chi connectivity index (χ1v) is 11.7. The quantitative estimate of drug-likeness (QED) is 0.579. The van der Waals surface area contributed by atoms with Crippen LogP contribution in [0.15, 0.2) is 65.9 Å². The Morgan fingerprint density at radius 2 is 1.85 bits per heavy atom. The van der Waals surface area contributed by atoms with Gasteiger partial charge < -0.3 is 15.4 Å². The molecule has 2 aliphatic rings. The average Bonchev–Trinajstić information content (AvgIpc) is 2.93. The second-order valence-electron chi connectivity index (χ2n) is 9.44. The number of carbonyl (C=O) groups excluding carboxylic acids is 2. The number of benzene rings is 2. The lowest BCUT2D eigenvalue weighted by Crippen LogP contribution is -2.45. The minimum absolute atomic E-state index is 0.0876. The lowest BCUT2D eigenvalue weighted by Gasteiger charge is -2.37. The lowest BCUT2D eigenvalue weighted by atomic mass is 9.73. The number of carbonyl (C=O) groups is 2. The number of Topliss-reactive ketones (excluding diaryl/α,β-unsaturated/α-hetero) is 1. The van der Waals surface area contributed by atoms with Gasteiger partial charge in [0.2, 0.25) is 0 Å². The fraction of sp³-hybridized carbons (Fsp3) is 0.407. The van der Waals surface area contributed by atoms with Gasteiger partial charge >= 0.3 is 6.03 Å². The van der Waals surface area contributed by atoms with Gasteiger partial charge in [-0.05, 0) is 42.9 Å². The van der Waals surface area contributed by atoms with E-state index in [1.165, 1.54) is 0 Å². The molecule has 0 spiro atoms. The number of nitrogens with zero attached hydrogens (tertiary/aromatic N) is 1. The van der Waals surface area contributed by atoms with Crippen molar-refractivity contribution in [1.82, 2.24) is 5.32 Å². The monoisotopic (exact) mass is 447 g/mol. The van der Waals surface area contributed by atoms with E-state index in [2.05, 4.69) is 24.5 Å². The number of fused-ring (bicyclic) bond motifs is 1. The number of hydrogen-bond acceptors (Lipinski definition) is 4. The summed E-state index contributed by atoms with van der Waals surface area (Å²) in [5, 5.41) is 6.58. The van der Waals surface area contributed by atoms with Crippen LogP contribution < -0.4 is 15.5 Å². The zero-order valence-electron chi connectivity index (χ0n) is 19.7. The maximum atomic E-state index is 13.7. The van der Waals surface area contributed by atoms with E-state index >= 15 is 0 Å². The zero-order valence-corrected chi connectivity index (χ0v) is 19.7. The summed E-state index contributed by atoms with van der Waals surface area (Å²) in [6.07, 6.45) is 1.93. The summed E-state index contributed by atoms with van der Waals surface area (Å²) in [5.41, 5.74) is 3.95. The van der Waals surface area contributed by atoms with Crippen LogP contribution in [0.1, 0.15) is 51.6 Å². The number of ether oxygens (including phenoxy) is 1. The number of amides is 2. The smallest absolute Gasteiger partial charge is 0.322 e. The number of rotatable bonds is 6. The molecule has 6 heteroatoms. The molecule has 0 bridgehead atoms. The summed E-state index contributed by atoms with van der Waals surface area (Å²) in [6, 6.07) is 16.9. The van der Waals surface area contributed by atoms with Gasteiger partial charge in [-0.2, -0.15) is 0 Å². The van der Waals surface area contributed by atoms with Gasteiger partial charge in [0.25, 0.3) is 0 Å². The molecular formula is C27H33N3O3. The molecule has 2 N–H and O–H groups in total. The first kappa shape index (κ1) is 23.1. The molecule has 1 heterocycles. The Morgan fingerprint density at radius 1 is 1.12 bits per heavy atom. The first-order valence-electron chi connectivity index (χ1n) is 11.7. The minimum atomic E-state index is -0.507. The topological polar surface area (TPSA) is 70.7 Å². The van der Waals surface area contributed by atoms with Gasteiger partial charge in [0.1, 0.15) is 0 Å². The first-order chi connectivity index (χ1) is 15.9. The molecule has 33 heavy (non-hydrogen) atoms. The van der Waals surface area contributed by atoms with Crippen LogP contribution >= 0.6 is 0 Å². The van der Waals surface area contributed by atoms with Crippen molar-refractivity contribution in [2.45, 2.75) is 46.1 Å². The van der Waals surface area contributed by atoms with Crippen LogP contribution in [-0.2, 0) is 9.53 Å². The summed E-state index contributed by atoms with van der Waals surface area (Å²) in [6.45, 7) is 7.95. The van der Waals surface area contributed by atoms with E-state index in [0.29, 0.717) is 31.8 Å². The van der Waals surface area contributed by atoms with E-state index in [4.69, 9.17) is 4.74 Å². The fourth-order valence-electron chi connectivity index (χ4n) is 4.76. The standard InChI is InChI=1S/C27H33N3O3/c1-4-33-16-10-15-28-26(32)30-22-14-9-8-13-20(22)29-21-17-27(2,3)18-23(31)24(21)25(30)19-11-6-5-7-12-19/h5-9,11-14,25,29H,4,10,15-18H2,1-3H3,(H,28,32). The van der Waals surface area contributed by atoms with E-state index in [1.54, 1.807) is 4.90 Å². The van der Waals surface area contributed by atoms with Gasteiger partial charge in [-0.1, -0.05) is 56.3 Å². The molecule has 1 aliphatic heterocycles. The normalized spacial score (nSPS) is 19.3. The van der Waals surface area contributed by atoms with Crippen LogP contribution in [0.4, 0.5) is 16.2 Å². The second kappa shape index (κ2) is 9.79. The van der Waals surface area contributed by atoms with Crippen molar-refractivity contribution in [3.05, 3.63) is 71.4 Å². The molecule has 4 rings (SSSR count). The third kappa shape index (κ3) is 4.96. The van der Waals surface area contributed by atoms with Crippen LogP contribution in [-0.4, -0.2) is 31.6 Å². The van der Waals surface area contributed by atoms with Crippen LogP contribution in [0.25, 0.3) is 0 Å². The molecule has 1 aliphatic carbocycles. The van der Waals surface area contributed by atoms with Crippen LogP contribution in [0, 0.1) is 5.41 Å². The van der Waals surface area contributed by atoms with Crippen molar-refractivity contribution in [3.63, 3.8) is 0 Å². The number of ketones is 1. The highest BCUT2D eigenvalue weighted by atomic mass is 16.5. The zero-order chi connectivity index (χ0) is 23.4. The Morgan fingerprint density at radius 3 is 2.61 bits per heavy atom. The Balaban J connectivity index is 1.80. The Hall–Kier alpha value is -3.12. The van der Waals surface area contributed by atoms with Crippen molar-refractivity contribution in [1.29, 1.82) is 0 Å². The summed E-state index contributed by atoms with van der Waals surface area (Å²) >= 11 is 0. The minimum Gasteiger partial charge on any atom is -0.382 e. The molecular weight excluding hydrogens is 414 g/mol. The van der Waals surface area contributed by atoms with Gasteiger partial charge in [-0.3, -0.25) is 9.69 Å². The van der Waals surface area contributed by atoms with E-state index in [1.807, 2.05) is 61.5 Å². The Labute approximate surface area is 196 Å². The maximum Gasteiger partial charge on any atom is 0.322 e. The molecule has 0 fully saturated rings. The molecule has 2 amide bonds. The van der Waals surface area contributed by atoms with Crippen LogP contribution in [0.3, 0.4) is 0 Å². The molecule has 1 atom stereocenters. The van der Waals surface area contributed by atoms with E-state index < -0.39 is 6.04 Å². The van der Waals surface area contributed by atoms with Gasteiger partial charge in [0.05, 0.1) is 17.4 Å². The largest absolute Gasteiger partial charge is 0.382 e. The lowest BCUT2D eigenvalue weighted by molar-refractivity contribution is -0.118. The Bertz CT molecular complexity index is 1050. The number of anilines is 2. The molecule has 174 valence electrons. The molecule has 0 saturated carbocycles. The van der Waals surface area contributed by atoms with Crippen molar-refractivity contribution >= 4 is 23.2 Å². The molecule has 1 unspecified atom stereocenters. The molecule has 0 aromatic heterocycles. The van der Waals surface area contributed by atoms with Crippen LogP contribution in [0.5, 0.6) is 0 Å². The highest BCUT2D eigenvalue weighted by Gasteiger charge is 2.43. The van der Waals surface area contributed by atoms with Gasteiger partial charge in [0, 0.05) is 37.4 Å². The van der Waals surface area contributed by atoms with Crippen molar-refractivity contribution in [3.8, 4) is 0 Å². The highest BCUT2D eigenvalue weighted by Crippen LogP contribution is 2.48. The third-order valence-corrected chi connectivity index (χ3v) is 6.18. The van der Waals surface area contributed by atoms with Crippen molar-refractivity contribution < 1.29 is 14.3 Å². The summed E-state index contributed by atoms with van der Waals surface area (Å²) in [7, 11) is 0. The van der Waals surface area contributed by atoms with E-state index in [-0.39, 0.29) is 17.2 Å². The van der Waals surface area contributed by atoms with Gasteiger partial charge in [-0.15, -0.1) is 0 Å². The third-order valence-electron chi connectivity index (χ3n) is 6.18. The molecule has 0 saturated heterocycles. The molecule has 6 nitrogen and oxygen atoms in total.